The van der Waals surface area contributed by atoms with E-state index in [0.717, 1.165) is 18.2 Å². The highest BCUT2D eigenvalue weighted by atomic mass is 19.4. The number of halogens is 3. The molecule has 0 aliphatic heterocycles. The molecule has 2 aromatic rings. The summed E-state index contributed by atoms with van der Waals surface area (Å²) in [6.07, 6.45) is -4.75. The van der Waals surface area contributed by atoms with Gasteiger partial charge in [0.05, 0.1) is 6.04 Å². The molecule has 4 nitrogen and oxygen atoms in total. The van der Waals surface area contributed by atoms with Crippen molar-refractivity contribution in [1.82, 2.24) is 0 Å². The van der Waals surface area contributed by atoms with Gasteiger partial charge in [-0.3, -0.25) is 0 Å². The Balaban J connectivity index is 2.22. The van der Waals surface area contributed by atoms with Crippen LogP contribution in [0.2, 0.25) is 0 Å². The third-order valence-electron chi connectivity index (χ3n) is 2.82. The van der Waals surface area contributed by atoms with Crippen LogP contribution in [0.25, 0.3) is 0 Å². The third-order valence-corrected chi connectivity index (χ3v) is 2.82. The molecule has 4 N–H and O–H groups in total. The van der Waals surface area contributed by atoms with Crippen LogP contribution in [0, 0.1) is 0 Å². The highest BCUT2D eigenvalue weighted by Gasteiger charge is 2.31. The minimum absolute atomic E-state index is 0.114. The normalized spacial score (nSPS) is 13.0. The molecule has 0 radical (unpaired) electrons. The molecule has 1 atom stereocenters. The van der Waals surface area contributed by atoms with E-state index in [2.05, 4.69) is 4.74 Å². The van der Waals surface area contributed by atoms with Crippen molar-refractivity contribution in [3.05, 3.63) is 53.6 Å². The monoisotopic (exact) mass is 299 g/mol. The summed E-state index contributed by atoms with van der Waals surface area (Å²) in [7, 11) is 0. The van der Waals surface area contributed by atoms with Gasteiger partial charge in [-0.05, 0) is 29.8 Å². The maximum absolute atomic E-state index is 12.1. The molecular weight excluding hydrogens is 287 g/mol. The molecular formula is C14H12F3NO3. The van der Waals surface area contributed by atoms with Gasteiger partial charge in [0, 0.05) is 11.6 Å². The molecule has 0 saturated heterocycles. The number of ether oxygens (including phenoxy) is 1. The first-order valence-electron chi connectivity index (χ1n) is 5.89. The van der Waals surface area contributed by atoms with Crippen LogP contribution < -0.4 is 10.5 Å². The fourth-order valence-corrected chi connectivity index (χ4v) is 1.85. The number of phenolic OH excluding ortho intramolecular Hbond substituents is 2. The van der Waals surface area contributed by atoms with Gasteiger partial charge in [-0.1, -0.05) is 12.1 Å². The quantitative estimate of drug-likeness (QED) is 0.814. The molecule has 0 aliphatic rings. The van der Waals surface area contributed by atoms with Gasteiger partial charge in [0.15, 0.2) is 0 Å². The number of rotatable bonds is 3. The molecule has 0 heterocycles. The molecule has 0 aliphatic carbocycles. The second-order valence-electron chi connectivity index (χ2n) is 4.34. The van der Waals surface area contributed by atoms with Crippen molar-refractivity contribution in [3.63, 3.8) is 0 Å². The van der Waals surface area contributed by atoms with Crippen LogP contribution in [-0.4, -0.2) is 16.6 Å². The Kier molecular flexibility index (Phi) is 3.95. The number of nitrogens with two attached hydrogens (primary N) is 1. The number of aromatic hydroxyl groups is 2. The average molecular weight is 299 g/mol. The first-order chi connectivity index (χ1) is 9.76. The van der Waals surface area contributed by atoms with E-state index in [0.29, 0.717) is 11.1 Å². The molecule has 0 unspecified atom stereocenters. The van der Waals surface area contributed by atoms with Crippen LogP contribution in [0.1, 0.15) is 17.2 Å². The van der Waals surface area contributed by atoms with Gasteiger partial charge in [-0.15, -0.1) is 13.2 Å². The Bertz CT molecular complexity index is 626. The van der Waals surface area contributed by atoms with Gasteiger partial charge >= 0.3 is 6.36 Å². The maximum atomic E-state index is 12.1. The van der Waals surface area contributed by atoms with Gasteiger partial charge in [0.1, 0.15) is 17.2 Å². The predicted octanol–water partition coefficient (Wildman–Crippen LogP) is 3.04. The van der Waals surface area contributed by atoms with Gasteiger partial charge in [0.2, 0.25) is 0 Å². The molecule has 0 spiro atoms. The van der Waals surface area contributed by atoms with Gasteiger partial charge in [-0.25, -0.2) is 0 Å². The summed E-state index contributed by atoms with van der Waals surface area (Å²) in [5, 5.41) is 18.9. The lowest BCUT2D eigenvalue weighted by Crippen LogP contribution is -2.17. The predicted molar refractivity (Wildman–Crippen MR) is 68.9 cm³/mol. The van der Waals surface area contributed by atoms with E-state index in [1.165, 1.54) is 24.3 Å². The van der Waals surface area contributed by atoms with Crippen LogP contribution in [0.5, 0.6) is 17.2 Å². The van der Waals surface area contributed by atoms with Gasteiger partial charge in [-0.2, -0.15) is 0 Å². The maximum Gasteiger partial charge on any atom is 0.573 e. The minimum atomic E-state index is -4.75. The number of hydrogen-bond acceptors (Lipinski definition) is 4. The molecule has 2 rings (SSSR count). The molecule has 2 aromatic carbocycles. The van der Waals surface area contributed by atoms with Gasteiger partial charge in [0.25, 0.3) is 0 Å². The van der Waals surface area contributed by atoms with Gasteiger partial charge < -0.3 is 20.7 Å². The van der Waals surface area contributed by atoms with Crippen molar-refractivity contribution in [2.45, 2.75) is 12.4 Å². The standard InChI is InChI=1S/C14H12F3NO3/c15-14(16,17)21-10-4-1-8(2-5-10)13(18)11-6-3-9(19)7-12(11)20/h1-7,13,19-20H,18H2/t13-/m1/s1. The smallest absolute Gasteiger partial charge is 0.508 e. The minimum Gasteiger partial charge on any atom is -0.508 e. The van der Waals surface area contributed by atoms with Crippen molar-refractivity contribution >= 4 is 0 Å². The first kappa shape index (κ1) is 15.0. The molecule has 7 heteroatoms. The lowest BCUT2D eigenvalue weighted by molar-refractivity contribution is -0.274. The van der Waals surface area contributed by atoms with E-state index < -0.39 is 12.4 Å². The van der Waals surface area contributed by atoms with Crippen LogP contribution in [-0.2, 0) is 0 Å². The Labute approximate surface area is 118 Å². The van der Waals surface area contributed by atoms with Crippen molar-refractivity contribution in [2.24, 2.45) is 5.73 Å². The fraction of sp³-hybridized carbons (Fsp3) is 0.143. The van der Waals surface area contributed by atoms with Crippen LogP contribution in [0.15, 0.2) is 42.5 Å². The summed E-state index contributed by atoms with van der Waals surface area (Å²) in [6, 6.07) is 8.21. The summed E-state index contributed by atoms with van der Waals surface area (Å²) < 4.78 is 39.9. The van der Waals surface area contributed by atoms with E-state index >= 15 is 0 Å². The van der Waals surface area contributed by atoms with Crippen molar-refractivity contribution in [2.75, 3.05) is 0 Å². The van der Waals surface area contributed by atoms with E-state index in [1.807, 2.05) is 0 Å². The Morgan fingerprint density at radius 2 is 1.62 bits per heavy atom. The summed E-state index contributed by atoms with van der Waals surface area (Å²) >= 11 is 0. The summed E-state index contributed by atoms with van der Waals surface area (Å²) in [6.45, 7) is 0. The zero-order valence-corrected chi connectivity index (χ0v) is 10.6. The summed E-state index contributed by atoms with van der Waals surface area (Å²) in [5.74, 6) is -0.663. The molecule has 0 aromatic heterocycles. The van der Waals surface area contributed by atoms with Crippen molar-refractivity contribution in [1.29, 1.82) is 0 Å². The molecule has 112 valence electrons. The third kappa shape index (κ3) is 3.79. The van der Waals surface area contributed by atoms with Crippen molar-refractivity contribution in [3.8, 4) is 17.2 Å². The SMILES string of the molecule is N[C@H](c1ccc(OC(F)(F)F)cc1)c1ccc(O)cc1O. The second kappa shape index (κ2) is 5.53. The number of benzene rings is 2. The fourth-order valence-electron chi connectivity index (χ4n) is 1.85. The summed E-state index contributed by atoms with van der Waals surface area (Å²) in [5.41, 5.74) is 6.78. The number of phenols is 2. The highest BCUT2D eigenvalue weighted by Crippen LogP contribution is 2.31. The zero-order valence-electron chi connectivity index (χ0n) is 10.6. The van der Waals surface area contributed by atoms with Crippen molar-refractivity contribution < 1.29 is 28.1 Å². The first-order valence-corrected chi connectivity index (χ1v) is 5.89. The van der Waals surface area contributed by atoms with E-state index in [1.54, 1.807) is 0 Å². The Hall–Kier alpha value is -2.41. The molecule has 21 heavy (non-hydrogen) atoms. The van der Waals surface area contributed by atoms with Crippen LogP contribution in [0.4, 0.5) is 13.2 Å². The highest BCUT2D eigenvalue weighted by molar-refractivity contribution is 5.45. The topological polar surface area (TPSA) is 75.7 Å². The van der Waals surface area contributed by atoms with E-state index in [4.69, 9.17) is 5.73 Å². The van der Waals surface area contributed by atoms with Crippen LogP contribution in [0.3, 0.4) is 0 Å². The average Bonchev–Trinajstić information content (AvgIpc) is 2.37. The number of hydrogen-bond donors (Lipinski definition) is 3. The largest absolute Gasteiger partial charge is 0.573 e. The number of alkyl halides is 3. The lowest BCUT2D eigenvalue weighted by atomic mass is 9.98. The molecule has 0 amide bonds. The lowest BCUT2D eigenvalue weighted by Gasteiger charge is -2.15. The molecule has 0 fully saturated rings. The zero-order chi connectivity index (χ0) is 15.6. The van der Waals surface area contributed by atoms with Crippen LogP contribution >= 0.6 is 0 Å². The molecule has 0 saturated carbocycles. The Morgan fingerprint density at radius 1 is 1.00 bits per heavy atom. The van der Waals surface area contributed by atoms with E-state index in [-0.39, 0.29) is 17.2 Å². The second-order valence-corrected chi connectivity index (χ2v) is 4.34. The van der Waals surface area contributed by atoms with E-state index in [9.17, 15) is 23.4 Å². The summed E-state index contributed by atoms with van der Waals surface area (Å²) in [4.78, 5) is 0. The molecule has 0 bridgehead atoms. The Morgan fingerprint density at radius 3 is 2.14 bits per heavy atom.